The van der Waals surface area contributed by atoms with Crippen LogP contribution in [-0.2, 0) is 11.2 Å². The summed E-state index contributed by atoms with van der Waals surface area (Å²) in [6.45, 7) is 7.04. The Balaban J connectivity index is 1.84. The fourth-order valence-corrected chi connectivity index (χ4v) is 3.30. The lowest BCUT2D eigenvalue weighted by Crippen LogP contribution is -2.43. The number of piperidine rings is 1. The average Bonchev–Trinajstić information content (AvgIpc) is 3.24. The molecule has 0 aromatic carbocycles. The standard InChI is InChI=1S/C18H25N3O2/c1-4-15-5-6-17(23-15)16-11-13(2)7-9-21(16)18(22)14(3)20-10-8-19-12-20/h5-6,8,10,12-14,16H,4,7,9,11H2,1-3H3/t13-,14-,16-/m0/s1. The molecule has 0 saturated carbocycles. The summed E-state index contributed by atoms with van der Waals surface area (Å²) >= 11 is 0. The lowest BCUT2D eigenvalue weighted by atomic mass is 9.90. The number of hydrogen-bond acceptors (Lipinski definition) is 3. The van der Waals surface area contributed by atoms with Crippen LogP contribution in [0.4, 0.5) is 0 Å². The van der Waals surface area contributed by atoms with Crippen LogP contribution in [0.15, 0.2) is 35.3 Å². The van der Waals surface area contributed by atoms with Crippen molar-refractivity contribution in [1.29, 1.82) is 0 Å². The Bertz CT molecular complexity index is 647. The minimum atomic E-state index is -0.242. The van der Waals surface area contributed by atoms with Gasteiger partial charge in [0.25, 0.3) is 0 Å². The number of aromatic nitrogens is 2. The minimum absolute atomic E-state index is 0.0394. The molecule has 0 unspecified atom stereocenters. The van der Waals surface area contributed by atoms with Crippen molar-refractivity contribution in [3.05, 3.63) is 42.4 Å². The van der Waals surface area contributed by atoms with Gasteiger partial charge in [0, 0.05) is 25.4 Å². The van der Waals surface area contributed by atoms with Crippen LogP contribution >= 0.6 is 0 Å². The first-order chi connectivity index (χ1) is 11.1. The van der Waals surface area contributed by atoms with Crippen LogP contribution in [0.25, 0.3) is 0 Å². The third kappa shape index (κ3) is 3.19. The molecular formula is C18H25N3O2. The SMILES string of the molecule is CCc1ccc([C@@H]2C[C@@H](C)CCN2C(=O)[C@H](C)n2ccnc2)o1. The smallest absolute Gasteiger partial charge is 0.246 e. The summed E-state index contributed by atoms with van der Waals surface area (Å²) in [5.41, 5.74) is 0. The predicted octanol–water partition coefficient (Wildman–Crippen LogP) is 3.60. The summed E-state index contributed by atoms with van der Waals surface area (Å²) < 4.78 is 7.82. The number of amides is 1. The summed E-state index contributed by atoms with van der Waals surface area (Å²) in [5.74, 6) is 2.63. The van der Waals surface area contributed by atoms with Crippen molar-refractivity contribution in [2.45, 2.75) is 52.1 Å². The fraction of sp³-hybridized carbons (Fsp3) is 0.556. The van der Waals surface area contributed by atoms with Gasteiger partial charge in [-0.05, 0) is 37.8 Å². The molecule has 1 aliphatic rings. The highest BCUT2D eigenvalue weighted by Gasteiger charge is 2.35. The number of rotatable bonds is 4. The van der Waals surface area contributed by atoms with Crippen LogP contribution in [0.5, 0.6) is 0 Å². The van der Waals surface area contributed by atoms with E-state index in [9.17, 15) is 4.79 Å². The molecular weight excluding hydrogens is 290 g/mol. The van der Waals surface area contributed by atoms with Crippen LogP contribution in [0.3, 0.4) is 0 Å². The van der Waals surface area contributed by atoms with Gasteiger partial charge in [-0.15, -0.1) is 0 Å². The Labute approximate surface area is 137 Å². The van der Waals surface area contributed by atoms with Gasteiger partial charge in [0.15, 0.2) is 0 Å². The van der Waals surface area contributed by atoms with Crippen LogP contribution in [-0.4, -0.2) is 26.9 Å². The zero-order valence-corrected chi connectivity index (χ0v) is 14.1. The van der Waals surface area contributed by atoms with E-state index in [1.165, 1.54) is 0 Å². The molecule has 1 amide bonds. The molecule has 5 heteroatoms. The number of imidazole rings is 1. The summed E-state index contributed by atoms with van der Waals surface area (Å²) in [6.07, 6.45) is 8.12. The molecule has 1 fully saturated rings. The number of aryl methyl sites for hydroxylation is 1. The first-order valence-corrected chi connectivity index (χ1v) is 8.46. The highest BCUT2D eigenvalue weighted by molar-refractivity contribution is 5.80. The van der Waals surface area contributed by atoms with Gasteiger partial charge in [-0.1, -0.05) is 13.8 Å². The third-order valence-electron chi connectivity index (χ3n) is 4.84. The maximum Gasteiger partial charge on any atom is 0.246 e. The van der Waals surface area contributed by atoms with E-state index in [0.29, 0.717) is 5.92 Å². The highest BCUT2D eigenvalue weighted by atomic mass is 16.3. The van der Waals surface area contributed by atoms with Gasteiger partial charge in [0.2, 0.25) is 5.91 Å². The lowest BCUT2D eigenvalue weighted by molar-refractivity contribution is -0.139. The summed E-state index contributed by atoms with van der Waals surface area (Å²) in [6, 6.07) is 3.85. The maximum absolute atomic E-state index is 13.0. The molecule has 1 aliphatic heterocycles. The molecule has 0 bridgehead atoms. The second-order valence-corrected chi connectivity index (χ2v) is 6.52. The first-order valence-electron chi connectivity index (χ1n) is 8.46. The zero-order chi connectivity index (χ0) is 16.4. The molecule has 23 heavy (non-hydrogen) atoms. The predicted molar refractivity (Wildman–Crippen MR) is 87.9 cm³/mol. The number of furan rings is 1. The Hall–Kier alpha value is -2.04. The topological polar surface area (TPSA) is 51.3 Å². The van der Waals surface area contributed by atoms with E-state index < -0.39 is 0 Å². The molecule has 2 aromatic rings. The molecule has 0 radical (unpaired) electrons. The van der Waals surface area contributed by atoms with Gasteiger partial charge in [0.05, 0.1) is 12.4 Å². The minimum Gasteiger partial charge on any atom is -0.464 e. The highest BCUT2D eigenvalue weighted by Crippen LogP contribution is 2.36. The molecule has 3 rings (SSSR count). The van der Waals surface area contributed by atoms with Crippen LogP contribution in [0, 0.1) is 5.92 Å². The molecule has 3 heterocycles. The van der Waals surface area contributed by atoms with Gasteiger partial charge in [-0.2, -0.15) is 0 Å². The molecule has 1 saturated heterocycles. The van der Waals surface area contributed by atoms with Crippen LogP contribution < -0.4 is 0 Å². The monoisotopic (exact) mass is 315 g/mol. The van der Waals surface area contributed by atoms with E-state index in [1.807, 2.05) is 34.7 Å². The molecule has 5 nitrogen and oxygen atoms in total. The largest absolute Gasteiger partial charge is 0.464 e. The van der Waals surface area contributed by atoms with Gasteiger partial charge in [0.1, 0.15) is 17.6 Å². The number of carbonyl (C=O) groups is 1. The van der Waals surface area contributed by atoms with Crippen molar-refractivity contribution in [2.75, 3.05) is 6.54 Å². The molecule has 0 spiro atoms. The molecule has 124 valence electrons. The van der Waals surface area contributed by atoms with Gasteiger partial charge in [-0.25, -0.2) is 4.98 Å². The van der Waals surface area contributed by atoms with Crippen molar-refractivity contribution in [2.24, 2.45) is 5.92 Å². The number of nitrogens with zero attached hydrogens (tertiary/aromatic N) is 3. The van der Waals surface area contributed by atoms with Crippen molar-refractivity contribution < 1.29 is 9.21 Å². The summed E-state index contributed by atoms with van der Waals surface area (Å²) in [4.78, 5) is 19.0. The molecule has 0 aliphatic carbocycles. The lowest BCUT2D eigenvalue weighted by Gasteiger charge is -2.39. The summed E-state index contributed by atoms with van der Waals surface area (Å²) in [7, 11) is 0. The third-order valence-corrected chi connectivity index (χ3v) is 4.84. The Kier molecular flexibility index (Phi) is 4.55. The van der Waals surface area contributed by atoms with E-state index in [1.54, 1.807) is 12.5 Å². The van der Waals surface area contributed by atoms with E-state index in [4.69, 9.17) is 4.42 Å². The quantitative estimate of drug-likeness (QED) is 0.866. The first kappa shape index (κ1) is 15.8. The second kappa shape index (κ2) is 6.60. The van der Waals surface area contributed by atoms with Crippen molar-refractivity contribution in [3.8, 4) is 0 Å². The van der Waals surface area contributed by atoms with Crippen molar-refractivity contribution in [1.82, 2.24) is 14.5 Å². The van der Waals surface area contributed by atoms with Crippen molar-refractivity contribution in [3.63, 3.8) is 0 Å². The van der Waals surface area contributed by atoms with Crippen LogP contribution in [0.2, 0.25) is 0 Å². The molecule has 0 N–H and O–H groups in total. The number of likely N-dealkylation sites (tertiary alicyclic amines) is 1. The Morgan fingerprint density at radius 2 is 2.30 bits per heavy atom. The van der Waals surface area contributed by atoms with E-state index >= 15 is 0 Å². The molecule has 2 aromatic heterocycles. The van der Waals surface area contributed by atoms with E-state index in [-0.39, 0.29) is 18.0 Å². The number of hydrogen-bond donors (Lipinski definition) is 0. The fourth-order valence-electron chi connectivity index (χ4n) is 3.30. The van der Waals surface area contributed by atoms with Gasteiger partial charge >= 0.3 is 0 Å². The normalized spacial score (nSPS) is 23.0. The maximum atomic E-state index is 13.0. The zero-order valence-electron chi connectivity index (χ0n) is 14.1. The average molecular weight is 315 g/mol. The van der Waals surface area contributed by atoms with Gasteiger partial charge < -0.3 is 13.9 Å². The summed E-state index contributed by atoms with van der Waals surface area (Å²) in [5, 5.41) is 0. The Morgan fingerprint density at radius 3 is 2.96 bits per heavy atom. The number of carbonyl (C=O) groups excluding carboxylic acids is 1. The van der Waals surface area contributed by atoms with Gasteiger partial charge in [-0.3, -0.25) is 4.79 Å². The second-order valence-electron chi connectivity index (χ2n) is 6.52. The van der Waals surface area contributed by atoms with E-state index in [2.05, 4.69) is 18.8 Å². The van der Waals surface area contributed by atoms with Crippen molar-refractivity contribution >= 4 is 5.91 Å². The van der Waals surface area contributed by atoms with E-state index in [0.717, 1.165) is 37.3 Å². The Morgan fingerprint density at radius 1 is 1.48 bits per heavy atom. The van der Waals surface area contributed by atoms with Crippen LogP contribution in [0.1, 0.15) is 57.2 Å². The molecule has 3 atom stereocenters.